The van der Waals surface area contributed by atoms with Gasteiger partial charge in [0.05, 0.1) is 23.3 Å². The zero-order valence-electron chi connectivity index (χ0n) is 17.5. The Labute approximate surface area is 188 Å². The highest BCUT2D eigenvalue weighted by Gasteiger charge is 2.40. The number of pyridine rings is 1. The molecule has 2 N–H and O–H groups in total. The summed E-state index contributed by atoms with van der Waals surface area (Å²) >= 11 is 6.24. The SMILES string of the molecule is C[C@@](O)(CNC(=O)c1cnc(OCC2CC2)c(-c2cc(C(F)(F)F)ccc2Cl)c1)C1CC1. The maximum atomic E-state index is 13.3. The van der Waals surface area contributed by atoms with Gasteiger partial charge < -0.3 is 15.2 Å². The Morgan fingerprint density at radius 3 is 2.56 bits per heavy atom. The molecule has 2 aliphatic rings. The van der Waals surface area contributed by atoms with Gasteiger partial charge in [0.1, 0.15) is 0 Å². The van der Waals surface area contributed by atoms with Crippen molar-refractivity contribution in [3.05, 3.63) is 46.6 Å². The molecule has 9 heteroatoms. The number of carbonyl (C=O) groups excluding carboxylic acids is 1. The van der Waals surface area contributed by atoms with Gasteiger partial charge in [0, 0.05) is 28.9 Å². The van der Waals surface area contributed by atoms with Crippen LogP contribution in [-0.2, 0) is 6.18 Å². The van der Waals surface area contributed by atoms with Gasteiger partial charge in [-0.1, -0.05) is 11.6 Å². The quantitative estimate of drug-likeness (QED) is 0.565. The van der Waals surface area contributed by atoms with Crippen molar-refractivity contribution in [3.8, 4) is 17.0 Å². The maximum Gasteiger partial charge on any atom is 0.416 e. The van der Waals surface area contributed by atoms with E-state index in [0.29, 0.717) is 12.5 Å². The van der Waals surface area contributed by atoms with Crippen molar-refractivity contribution in [1.82, 2.24) is 10.3 Å². The van der Waals surface area contributed by atoms with Gasteiger partial charge in [0.2, 0.25) is 5.88 Å². The van der Waals surface area contributed by atoms with Crippen molar-refractivity contribution in [3.63, 3.8) is 0 Å². The number of halogens is 4. The lowest BCUT2D eigenvalue weighted by Crippen LogP contribution is -2.42. The number of hydrogen-bond donors (Lipinski definition) is 2. The summed E-state index contributed by atoms with van der Waals surface area (Å²) in [5.74, 6) is 0.184. The second kappa shape index (κ2) is 8.56. The first kappa shape index (κ1) is 22.9. The van der Waals surface area contributed by atoms with Gasteiger partial charge in [0.15, 0.2) is 0 Å². The van der Waals surface area contributed by atoms with Gasteiger partial charge in [-0.15, -0.1) is 0 Å². The molecule has 0 unspecified atom stereocenters. The summed E-state index contributed by atoms with van der Waals surface area (Å²) < 4.78 is 45.6. The van der Waals surface area contributed by atoms with E-state index in [9.17, 15) is 23.1 Å². The number of hydrogen-bond acceptors (Lipinski definition) is 4. The van der Waals surface area contributed by atoms with Crippen molar-refractivity contribution < 1.29 is 27.8 Å². The van der Waals surface area contributed by atoms with E-state index in [-0.39, 0.29) is 40.1 Å². The van der Waals surface area contributed by atoms with E-state index >= 15 is 0 Å². The van der Waals surface area contributed by atoms with E-state index in [1.807, 2.05) is 0 Å². The van der Waals surface area contributed by atoms with Gasteiger partial charge >= 0.3 is 6.18 Å². The van der Waals surface area contributed by atoms with E-state index in [1.54, 1.807) is 6.92 Å². The van der Waals surface area contributed by atoms with Crippen LogP contribution >= 0.6 is 11.6 Å². The van der Waals surface area contributed by atoms with Crippen LogP contribution < -0.4 is 10.1 Å². The first-order valence-electron chi connectivity index (χ1n) is 10.5. The molecule has 0 bridgehead atoms. The molecule has 32 heavy (non-hydrogen) atoms. The molecule has 5 nitrogen and oxygen atoms in total. The van der Waals surface area contributed by atoms with Crippen LogP contribution in [0.4, 0.5) is 13.2 Å². The number of aliphatic hydroxyl groups is 1. The minimum atomic E-state index is -4.55. The molecule has 1 amide bonds. The lowest BCUT2D eigenvalue weighted by atomic mass is 10.00. The third-order valence-corrected chi connectivity index (χ3v) is 6.24. The van der Waals surface area contributed by atoms with Crippen LogP contribution in [-0.4, -0.2) is 34.8 Å². The van der Waals surface area contributed by atoms with Crippen molar-refractivity contribution in [2.24, 2.45) is 11.8 Å². The fourth-order valence-corrected chi connectivity index (χ4v) is 3.70. The normalized spacial score (nSPS) is 18.2. The summed E-state index contributed by atoms with van der Waals surface area (Å²) in [5, 5.41) is 13.2. The molecular weight excluding hydrogens is 445 g/mol. The van der Waals surface area contributed by atoms with Crippen LogP contribution in [0.2, 0.25) is 5.02 Å². The van der Waals surface area contributed by atoms with E-state index in [0.717, 1.165) is 37.8 Å². The summed E-state index contributed by atoms with van der Waals surface area (Å²) in [7, 11) is 0. The first-order chi connectivity index (χ1) is 15.0. The van der Waals surface area contributed by atoms with Crippen LogP contribution in [0.3, 0.4) is 0 Å². The average Bonchev–Trinajstić information content (AvgIpc) is 3.63. The number of nitrogens with zero attached hydrogens (tertiary/aromatic N) is 1. The van der Waals surface area contributed by atoms with E-state index < -0.39 is 23.2 Å². The number of ether oxygens (including phenoxy) is 1. The molecule has 0 spiro atoms. The number of nitrogens with one attached hydrogen (secondary N) is 1. The van der Waals surface area contributed by atoms with Crippen molar-refractivity contribution in [2.45, 2.75) is 44.4 Å². The van der Waals surface area contributed by atoms with Crippen LogP contribution in [0.15, 0.2) is 30.5 Å². The summed E-state index contributed by atoms with van der Waals surface area (Å²) in [6.07, 6.45) is 0.646. The maximum absolute atomic E-state index is 13.3. The van der Waals surface area contributed by atoms with Crippen molar-refractivity contribution >= 4 is 17.5 Å². The topological polar surface area (TPSA) is 71.5 Å². The highest BCUT2D eigenvalue weighted by Crippen LogP contribution is 2.40. The van der Waals surface area contributed by atoms with E-state index in [2.05, 4.69) is 10.3 Å². The summed E-state index contributed by atoms with van der Waals surface area (Å²) in [4.78, 5) is 16.9. The Morgan fingerprint density at radius 1 is 1.22 bits per heavy atom. The third kappa shape index (κ3) is 5.35. The molecule has 2 fully saturated rings. The molecule has 1 heterocycles. The Kier molecular flexibility index (Phi) is 6.11. The molecule has 0 aliphatic heterocycles. The van der Waals surface area contributed by atoms with Crippen molar-refractivity contribution in [1.29, 1.82) is 0 Å². The average molecular weight is 469 g/mol. The van der Waals surface area contributed by atoms with Crippen LogP contribution in [0.1, 0.15) is 48.5 Å². The van der Waals surface area contributed by atoms with E-state index in [1.165, 1.54) is 18.3 Å². The van der Waals surface area contributed by atoms with Gasteiger partial charge in [0.25, 0.3) is 5.91 Å². The van der Waals surface area contributed by atoms with Crippen LogP contribution in [0.25, 0.3) is 11.1 Å². The predicted molar refractivity (Wildman–Crippen MR) is 114 cm³/mol. The fraction of sp³-hybridized carbons (Fsp3) is 0.478. The summed E-state index contributed by atoms with van der Waals surface area (Å²) in [5.41, 5.74) is -1.44. The minimum Gasteiger partial charge on any atom is -0.477 e. The monoisotopic (exact) mass is 468 g/mol. The second-order valence-electron chi connectivity index (χ2n) is 8.84. The smallest absolute Gasteiger partial charge is 0.416 e. The van der Waals surface area contributed by atoms with Crippen molar-refractivity contribution in [2.75, 3.05) is 13.2 Å². The first-order valence-corrected chi connectivity index (χ1v) is 10.9. The molecule has 172 valence electrons. The highest BCUT2D eigenvalue weighted by molar-refractivity contribution is 6.33. The predicted octanol–water partition coefficient (Wildman–Crippen LogP) is 5.10. The van der Waals surface area contributed by atoms with E-state index in [4.69, 9.17) is 16.3 Å². The molecule has 2 aliphatic carbocycles. The second-order valence-corrected chi connectivity index (χ2v) is 9.24. The Balaban J connectivity index is 1.64. The summed E-state index contributed by atoms with van der Waals surface area (Å²) in [6, 6.07) is 4.44. The Hall–Kier alpha value is -2.32. The molecule has 1 aromatic heterocycles. The lowest BCUT2D eigenvalue weighted by molar-refractivity contribution is -0.137. The molecular formula is C23H24ClF3N2O3. The zero-order valence-corrected chi connectivity index (χ0v) is 18.3. The largest absolute Gasteiger partial charge is 0.477 e. The molecule has 1 aromatic carbocycles. The van der Waals surface area contributed by atoms with Gasteiger partial charge in [-0.05, 0) is 68.7 Å². The fourth-order valence-electron chi connectivity index (χ4n) is 3.48. The Morgan fingerprint density at radius 2 is 1.94 bits per heavy atom. The number of benzene rings is 1. The highest BCUT2D eigenvalue weighted by atomic mass is 35.5. The standard InChI is InChI=1S/C23H24ClF3N2O3/c1-22(31,15-4-5-15)12-29-20(30)14-8-18(21(28-10-14)32-11-13-2-3-13)17-9-16(23(25,26)27)6-7-19(17)24/h6-10,13,15,31H,2-5,11-12H2,1H3,(H,29,30)/t22-/m1/s1. The number of aromatic nitrogens is 1. The Bertz CT molecular complexity index is 1020. The van der Waals surface area contributed by atoms with Gasteiger partial charge in [-0.2, -0.15) is 13.2 Å². The lowest BCUT2D eigenvalue weighted by Gasteiger charge is -2.23. The van der Waals surface area contributed by atoms with Gasteiger partial charge in [-0.25, -0.2) is 4.98 Å². The zero-order chi connectivity index (χ0) is 23.1. The third-order valence-electron chi connectivity index (χ3n) is 5.91. The summed E-state index contributed by atoms with van der Waals surface area (Å²) in [6.45, 7) is 2.13. The molecule has 1 atom stereocenters. The number of alkyl halides is 3. The van der Waals surface area contributed by atoms with Crippen LogP contribution in [0.5, 0.6) is 5.88 Å². The molecule has 4 rings (SSSR count). The molecule has 0 saturated heterocycles. The molecule has 2 saturated carbocycles. The van der Waals surface area contributed by atoms with Crippen LogP contribution in [0, 0.1) is 11.8 Å². The van der Waals surface area contributed by atoms with Gasteiger partial charge in [-0.3, -0.25) is 4.79 Å². The minimum absolute atomic E-state index is 0.0656. The molecule has 2 aromatic rings. The number of carbonyl (C=O) groups is 1. The number of amides is 1. The molecule has 0 radical (unpaired) electrons. The number of rotatable bonds is 8.